The zero-order chi connectivity index (χ0) is 13.1. The fourth-order valence-electron chi connectivity index (χ4n) is 2.38. The van der Waals surface area contributed by atoms with Crippen molar-refractivity contribution in [2.75, 3.05) is 33.2 Å². The molecule has 0 radical (unpaired) electrons. The highest BCUT2D eigenvalue weighted by atomic mass is 16.2. The third kappa shape index (κ3) is 2.72. The molecule has 1 aromatic rings. The number of piperazine rings is 1. The fourth-order valence-corrected chi connectivity index (χ4v) is 2.38. The van der Waals surface area contributed by atoms with Crippen molar-refractivity contribution in [3.8, 4) is 0 Å². The molecule has 3 heteroatoms. The lowest BCUT2D eigenvalue weighted by Gasteiger charge is -2.33. The highest BCUT2D eigenvalue weighted by Gasteiger charge is 2.22. The molecule has 0 aliphatic carbocycles. The molecule has 3 nitrogen and oxygen atoms in total. The first-order valence-electron chi connectivity index (χ1n) is 6.66. The van der Waals surface area contributed by atoms with Crippen LogP contribution in [0.25, 0.3) is 0 Å². The third-order valence-corrected chi connectivity index (χ3v) is 3.60. The van der Waals surface area contributed by atoms with Gasteiger partial charge in [-0.2, -0.15) is 0 Å². The summed E-state index contributed by atoms with van der Waals surface area (Å²) in [4.78, 5) is 16.8. The normalized spacial score (nSPS) is 17.2. The summed E-state index contributed by atoms with van der Waals surface area (Å²) in [5.41, 5.74) is 2.03. The van der Waals surface area contributed by atoms with E-state index in [0.29, 0.717) is 5.92 Å². The van der Waals surface area contributed by atoms with Crippen LogP contribution in [0.3, 0.4) is 0 Å². The minimum atomic E-state index is 0.187. The van der Waals surface area contributed by atoms with Gasteiger partial charge in [0.15, 0.2) is 0 Å². The van der Waals surface area contributed by atoms with Crippen molar-refractivity contribution >= 4 is 5.91 Å². The smallest absolute Gasteiger partial charge is 0.254 e. The Bertz CT molecular complexity index is 420. The van der Waals surface area contributed by atoms with Gasteiger partial charge >= 0.3 is 0 Å². The van der Waals surface area contributed by atoms with E-state index < -0.39 is 0 Å². The standard InChI is InChI=1S/C15H22N2O/c1-12(2)13-6-4-5-7-14(13)15(18)17-10-8-16(3)9-11-17/h4-7,12H,8-11H2,1-3H3. The number of carbonyl (C=O) groups excluding carboxylic acids is 1. The summed E-state index contributed by atoms with van der Waals surface area (Å²) in [5.74, 6) is 0.574. The van der Waals surface area contributed by atoms with Crippen LogP contribution in [0.15, 0.2) is 24.3 Å². The molecule has 1 amide bonds. The lowest BCUT2D eigenvalue weighted by molar-refractivity contribution is 0.0662. The van der Waals surface area contributed by atoms with Crippen molar-refractivity contribution in [2.24, 2.45) is 0 Å². The van der Waals surface area contributed by atoms with Crippen molar-refractivity contribution in [1.82, 2.24) is 9.80 Å². The summed E-state index contributed by atoms with van der Waals surface area (Å²) in [5, 5.41) is 0. The maximum absolute atomic E-state index is 12.5. The summed E-state index contributed by atoms with van der Waals surface area (Å²) in [6.07, 6.45) is 0. The van der Waals surface area contributed by atoms with E-state index in [2.05, 4.69) is 31.9 Å². The molecular weight excluding hydrogens is 224 g/mol. The molecule has 0 aromatic heterocycles. The molecule has 1 saturated heterocycles. The highest BCUT2D eigenvalue weighted by molar-refractivity contribution is 5.96. The average molecular weight is 246 g/mol. The zero-order valence-electron chi connectivity index (χ0n) is 11.5. The maximum Gasteiger partial charge on any atom is 0.254 e. The molecule has 1 aliphatic rings. The van der Waals surface area contributed by atoms with Gasteiger partial charge in [-0.3, -0.25) is 4.79 Å². The lowest BCUT2D eigenvalue weighted by Crippen LogP contribution is -2.47. The third-order valence-electron chi connectivity index (χ3n) is 3.60. The van der Waals surface area contributed by atoms with Gasteiger partial charge in [-0.05, 0) is 24.6 Å². The lowest BCUT2D eigenvalue weighted by atomic mass is 9.96. The molecule has 0 unspecified atom stereocenters. The Labute approximate surface area is 109 Å². The molecule has 2 rings (SSSR count). The first kappa shape index (κ1) is 13.1. The number of amides is 1. The van der Waals surface area contributed by atoms with E-state index in [1.54, 1.807) is 0 Å². The van der Waals surface area contributed by atoms with Crippen molar-refractivity contribution < 1.29 is 4.79 Å². The number of carbonyl (C=O) groups is 1. The summed E-state index contributed by atoms with van der Waals surface area (Å²) in [6, 6.07) is 7.98. The molecule has 0 saturated carbocycles. The summed E-state index contributed by atoms with van der Waals surface area (Å²) in [6.45, 7) is 7.88. The average Bonchev–Trinajstić information content (AvgIpc) is 2.39. The van der Waals surface area contributed by atoms with Gasteiger partial charge in [-0.15, -0.1) is 0 Å². The Hall–Kier alpha value is -1.35. The Kier molecular flexibility index (Phi) is 4.02. The minimum absolute atomic E-state index is 0.187. The van der Waals surface area contributed by atoms with E-state index in [1.165, 1.54) is 0 Å². The molecule has 1 aliphatic heterocycles. The van der Waals surface area contributed by atoms with Crippen molar-refractivity contribution in [3.05, 3.63) is 35.4 Å². The first-order chi connectivity index (χ1) is 8.59. The number of nitrogens with zero attached hydrogens (tertiary/aromatic N) is 2. The van der Waals surface area contributed by atoms with Crippen LogP contribution in [0.5, 0.6) is 0 Å². The van der Waals surface area contributed by atoms with E-state index in [0.717, 1.165) is 37.3 Å². The Balaban J connectivity index is 2.18. The van der Waals surface area contributed by atoms with E-state index in [1.807, 2.05) is 23.1 Å². The second-order valence-electron chi connectivity index (χ2n) is 5.34. The zero-order valence-corrected chi connectivity index (χ0v) is 11.5. The molecular formula is C15H22N2O. The molecule has 0 atom stereocenters. The number of likely N-dealkylation sites (N-methyl/N-ethyl adjacent to an activating group) is 1. The van der Waals surface area contributed by atoms with E-state index in [9.17, 15) is 4.79 Å². The number of hydrogen-bond acceptors (Lipinski definition) is 2. The Morgan fingerprint density at radius 3 is 2.33 bits per heavy atom. The van der Waals surface area contributed by atoms with Crippen LogP contribution in [0, 0.1) is 0 Å². The highest BCUT2D eigenvalue weighted by Crippen LogP contribution is 2.21. The van der Waals surface area contributed by atoms with E-state index in [4.69, 9.17) is 0 Å². The van der Waals surface area contributed by atoms with Crippen LogP contribution in [0.4, 0.5) is 0 Å². The summed E-state index contributed by atoms with van der Waals surface area (Å²) >= 11 is 0. The van der Waals surface area contributed by atoms with Gasteiger partial charge in [-0.25, -0.2) is 0 Å². The summed E-state index contributed by atoms with van der Waals surface area (Å²) < 4.78 is 0. The molecule has 1 fully saturated rings. The van der Waals surface area contributed by atoms with E-state index >= 15 is 0 Å². The number of rotatable bonds is 2. The second-order valence-corrected chi connectivity index (χ2v) is 5.34. The van der Waals surface area contributed by atoms with Crippen LogP contribution in [-0.2, 0) is 0 Å². The fraction of sp³-hybridized carbons (Fsp3) is 0.533. The predicted molar refractivity (Wildman–Crippen MR) is 73.9 cm³/mol. The topological polar surface area (TPSA) is 23.6 Å². The maximum atomic E-state index is 12.5. The SMILES string of the molecule is CC(C)c1ccccc1C(=O)N1CCN(C)CC1. The molecule has 1 heterocycles. The van der Waals surface area contributed by atoms with Crippen LogP contribution in [-0.4, -0.2) is 48.9 Å². The van der Waals surface area contributed by atoms with Gasteiger partial charge < -0.3 is 9.80 Å². The summed E-state index contributed by atoms with van der Waals surface area (Å²) in [7, 11) is 2.10. The van der Waals surface area contributed by atoms with Gasteiger partial charge in [0, 0.05) is 31.7 Å². The van der Waals surface area contributed by atoms with Crippen molar-refractivity contribution in [3.63, 3.8) is 0 Å². The van der Waals surface area contributed by atoms with Gasteiger partial charge in [0.25, 0.3) is 5.91 Å². The van der Waals surface area contributed by atoms with E-state index in [-0.39, 0.29) is 5.91 Å². The minimum Gasteiger partial charge on any atom is -0.336 e. The molecule has 0 N–H and O–H groups in total. The number of hydrogen-bond donors (Lipinski definition) is 0. The quantitative estimate of drug-likeness (QED) is 0.798. The second kappa shape index (κ2) is 5.53. The largest absolute Gasteiger partial charge is 0.336 e. The number of benzene rings is 1. The Morgan fingerprint density at radius 1 is 1.11 bits per heavy atom. The van der Waals surface area contributed by atoms with Gasteiger partial charge in [0.2, 0.25) is 0 Å². The first-order valence-corrected chi connectivity index (χ1v) is 6.66. The Morgan fingerprint density at radius 2 is 1.72 bits per heavy atom. The monoisotopic (exact) mass is 246 g/mol. The molecule has 98 valence electrons. The predicted octanol–water partition coefficient (Wildman–Crippen LogP) is 2.20. The van der Waals surface area contributed by atoms with Gasteiger partial charge in [0.05, 0.1) is 0 Å². The van der Waals surface area contributed by atoms with Crippen LogP contribution < -0.4 is 0 Å². The van der Waals surface area contributed by atoms with Crippen LogP contribution in [0.1, 0.15) is 35.7 Å². The molecule has 0 bridgehead atoms. The van der Waals surface area contributed by atoms with Gasteiger partial charge in [0.1, 0.15) is 0 Å². The van der Waals surface area contributed by atoms with Crippen LogP contribution >= 0.6 is 0 Å². The van der Waals surface area contributed by atoms with Gasteiger partial charge in [-0.1, -0.05) is 32.0 Å². The molecule has 0 spiro atoms. The van der Waals surface area contributed by atoms with Crippen molar-refractivity contribution in [1.29, 1.82) is 0 Å². The van der Waals surface area contributed by atoms with Crippen LogP contribution in [0.2, 0.25) is 0 Å². The molecule has 18 heavy (non-hydrogen) atoms. The van der Waals surface area contributed by atoms with Crippen molar-refractivity contribution in [2.45, 2.75) is 19.8 Å². The molecule has 1 aromatic carbocycles.